The van der Waals surface area contributed by atoms with Gasteiger partial charge in [-0.3, -0.25) is 4.90 Å². The highest BCUT2D eigenvalue weighted by Gasteiger charge is 2.19. The number of tetrazole rings is 1. The molecule has 3 aromatic rings. The molecule has 7 nitrogen and oxygen atoms in total. The van der Waals surface area contributed by atoms with Crippen LogP contribution in [-0.4, -0.2) is 58.4 Å². The van der Waals surface area contributed by atoms with E-state index in [1.165, 1.54) is 11.3 Å². The van der Waals surface area contributed by atoms with E-state index in [9.17, 15) is 0 Å². The van der Waals surface area contributed by atoms with Gasteiger partial charge in [0.25, 0.3) is 0 Å². The SMILES string of the molecule is COc1ccc(N2CCN(Cc3nnnn3Cc3ccccc3)CC2)cc1. The first-order chi connectivity index (χ1) is 13.3. The van der Waals surface area contributed by atoms with Crippen molar-refractivity contribution in [3.05, 3.63) is 66.0 Å². The van der Waals surface area contributed by atoms with Gasteiger partial charge in [0.1, 0.15) is 5.75 Å². The van der Waals surface area contributed by atoms with E-state index in [4.69, 9.17) is 4.74 Å². The second-order valence-corrected chi connectivity index (χ2v) is 6.70. The van der Waals surface area contributed by atoms with Gasteiger partial charge in [-0.25, -0.2) is 4.68 Å². The number of rotatable bonds is 6. The van der Waals surface area contributed by atoms with Crippen LogP contribution in [0.4, 0.5) is 5.69 Å². The number of benzene rings is 2. The van der Waals surface area contributed by atoms with E-state index in [-0.39, 0.29) is 0 Å². The average molecular weight is 364 g/mol. The zero-order chi connectivity index (χ0) is 18.5. The number of methoxy groups -OCH3 is 1. The quantitative estimate of drug-likeness (QED) is 0.667. The van der Waals surface area contributed by atoms with Crippen LogP contribution in [0, 0.1) is 0 Å². The Hall–Kier alpha value is -2.93. The molecule has 0 atom stereocenters. The van der Waals surface area contributed by atoms with Crippen LogP contribution in [0.5, 0.6) is 5.75 Å². The molecule has 0 unspecified atom stereocenters. The van der Waals surface area contributed by atoms with Gasteiger partial charge >= 0.3 is 0 Å². The van der Waals surface area contributed by atoms with Gasteiger partial charge in [-0.05, 0) is 40.3 Å². The van der Waals surface area contributed by atoms with Crippen molar-refractivity contribution in [2.24, 2.45) is 0 Å². The average Bonchev–Trinajstić information content (AvgIpc) is 3.16. The van der Waals surface area contributed by atoms with Crippen LogP contribution in [0.3, 0.4) is 0 Å². The molecule has 0 spiro atoms. The Morgan fingerprint density at radius 3 is 2.33 bits per heavy atom. The smallest absolute Gasteiger partial charge is 0.165 e. The molecule has 7 heteroatoms. The molecule has 27 heavy (non-hydrogen) atoms. The Bertz CT molecular complexity index is 840. The molecule has 2 aromatic carbocycles. The molecular formula is C20H24N6O. The van der Waals surface area contributed by atoms with Gasteiger partial charge in [0, 0.05) is 31.9 Å². The molecule has 1 fully saturated rings. The first kappa shape index (κ1) is 17.5. The maximum atomic E-state index is 5.24. The molecule has 0 radical (unpaired) electrons. The molecule has 4 rings (SSSR count). The van der Waals surface area contributed by atoms with Crippen molar-refractivity contribution in [2.45, 2.75) is 13.1 Å². The van der Waals surface area contributed by atoms with Crippen molar-refractivity contribution in [3.8, 4) is 5.75 Å². The van der Waals surface area contributed by atoms with Crippen molar-refractivity contribution >= 4 is 5.69 Å². The van der Waals surface area contributed by atoms with Crippen LogP contribution in [0.1, 0.15) is 11.4 Å². The van der Waals surface area contributed by atoms with Crippen molar-refractivity contribution < 1.29 is 4.74 Å². The van der Waals surface area contributed by atoms with Crippen LogP contribution in [0.15, 0.2) is 54.6 Å². The standard InChI is InChI=1S/C20H24N6O/c1-27-19-9-7-18(8-10-19)25-13-11-24(12-14-25)16-20-21-22-23-26(20)15-17-5-3-2-4-6-17/h2-10H,11-16H2,1H3. The monoisotopic (exact) mass is 364 g/mol. The summed E-state index contributed by atoms with van der Waals surface area (Å²) in [5.74, 6) is 1.80. The van der Waals surface area contributed by atoms with E-state index < -0.39 is 0 Å². The van der Waals surface area contributed by atoms with Crippen molar-refractivity contribution in [1.29, 1.82) is 0 Å². The first-order valence-electron chi connectivity index (χ1n) is 9.22. The molecular weight excluding hydrogens is 340 g/mol. The highest BCUT2D eigenvalue weighted by atomic mass is 16.5. The van der Waals surface area contributed by atoms with Gasteiger partial charge in [0.05, 0.1) is 20.2 Å². The van der Waals surface area contributed by atoms with Gasteiger partial charge in [-0.15, -0.1) is 5.10 Å². The number of hydrogen-bond acceptors (Lipinski definition) is 6. The summed E-state index contributed by atoms with van der Waals surface area (Å²) in [4.78, 5) is 4.82. The van der Waals surface area contributed by atoms with Crippen LogP contribution < -0.4 is 9.64 Å². The summed E-state index contributed by atoms with van der Waals surface area (Å²) in [5.41, 5.74) is 2.44. The maximum Gasteiger partial charge on any atom is 0.165 e. The van der Waals surface area contributed by atoms with E-state index in [1.54, 1.807) is 7.11 Å². The second kappa shape index (κ2) is 8.18. The molecule has 0 bridgehead atoms. The number of piperazine rings is 1. The highest BCUT2D eigenvalue weighted by molar-refractivity contribution is 5.49. The third-order valence-electron chi connectivity index (χ3n) is 4.96. The third-order valence-corrected chi connectivity index (χ3v) is 4.96. The summed E-state index contributed by atoms with van der Waals surface area (Å²) in [5, 5.41) is 12.3. The summed E-state index contributed by atoms with van der Waals surface area (Å²) in [6.07, 6.45) is 0. The molecule has 1 aliphatic rings. The molecule has 0 amide bonds. The second-order valence-electron chi connectivity index (χ2n) is 6.70. The third kappa shape index (κ3) is 4.25. The van der Waals surface area contributed by atoms with Gasteiger partial charge in [-0.2, -0.15) is 0 Å². The number of aromatic nitrogens is 4. The topological polar surface area (TPSA) is 59.3 Å². The Kier molecular flexibility index (Phi) is 5.29. The molecule has 1 aromatic heterocycles. The number of hydrogen-bond donors (Lipinski definition) is 0. The molecule has 1 saturated heterocycles. The lowest BCUT2D eigenvalue weighted by molar-refractivity contribution is 0.240. The summed E-state index contributed by atoms with van der Waals surface area (Å²) in [6, 6.07) is 18.6. The van der Waals surface area contributed by atoms with Crippen LogP contribution >= 0.6 is 0 Å². The number of anilines is 1. The minimum atomic E-state index is 0.703. The van der Waals surface area contributed by atoms with Gasteiger partial charge in [0.15, 0.2) is 5.82 Å². The van der Waals surface area contributed by atoms with Gasteiger partial charge < -0.3 is 9.64 Å². The lowest BCUT2D eigenvalue weighted by Crippen LogP contribution is -2.46. The number of ether oxygens (including phenoxy) is 1. The van der Waals surface area contributed by atoms with Crippen LogP contribution in [0.2, 0.25) is 0 Å². The fourth-order valence-corrected chi connectivity index (χ4v) is 3.37. The van der Waals surface area contributed by atoms with E-state index in [1.807, 2.05) is 35.0 Å². The Morgan fingerprint density at radius 1 is 0.889 bits per heavy atom. The van der Waals surface area contributed by atoms with Crippen molar-refractivity contribution in [1.82, 2.24) is 25.1 Å². The summed E-state index contributed by atoms with van der Waals surface area (Å²) >= 11 is 0. The molecule has 140 valence electrons. The van der Waals surface area contributed by atoms with E-state index in [2.05, 4.69) is 49.6 Å². The summed E-state index contributed by atoms with van der Waals surface area (Å²) < 4.78 is 7.13. The largest absolute Gasteiger partial charge is 0.497 e. The van der Waals surface area contributed by atoms with Crippen LogP contribution in [0.25, 0.3) is 0 Å². The predicted molar refractivity (Wildman–Crippen MR) is 104 cm³/mol. The minimum Gasteiger partial charge on any atom is -0.497 e. The van der Waals surface area contributed by atoms with E-state index in [0.29, 0.717) is 6.54 Å². The molecule has 0 N–H and O–H groups in total. The fraction of sp³-hybridized carbons (Fsp3) is 0.350. The lowest BCUT2D eigenvalue weighted by Gasteiger charge is -2.35. The number of nitrogens with zero attached hydrogens (tertiary/aromatic N) is 6. The summed E-state index contributed by atoms with van der Waals surface area (Å²) in [6.45, 7) is 5.44. The Labute approximate surface area is 159 Å². The zero-order valence-corrected chi connectivity index (χ0v) is 15.5. The van der Waals surface area contributed by atoms with E-state index in [0.717, 1.165) is 44.3 Å². The Balaban J connectivity index is 1.34. The molecule has 0 saturated carbocycles. The molecule has 2 heterocycles. The van der Waals surface area contributed by atoms with Crippen molar-refractivity contribution in [3.63, 3.8) is 0 Å². The maximum absolute atomic E-state index is 5.24. The lowest BCUT2D eigenvalue weighted by atomic mass is 10.2. The van der Waals surface area contributed by atoms with E-state index >= 15 is 0 Å². The van der Waals surface area contributed by atoms with Crippen LogP contribution in [-0.2, 0) is 13.1 Å². The fourth-order valence-electron chi connectivity index (χ4n) is 3.37. The zero-order valence-electron chi connectivity index (χ0n) is 15.5. The highest BCUT2D eigenvalue weighted by Crippen LogP contribution is 2.20. The molecule has 0 aliphatic carbocycles. The van der Waals surface area contributed by atoms with Gasteiger partial charge in [-0.1, -0.05) is 30.3 Å². The normalized spacial score (nSPS) is 15.1. The predicted octanol–water partition coefficient (Wildman–Crippen LogP) is 2.05. The molecule has 1 aliphatic heterocycles. The first-order valence-corrected chi connectivity index (χ1v) is 9.22. The summed E-state index contributed by atoms with van der Waals surface area (Å²) in [7, 11) is 1.69. The minimum absolute atomic E-state index is 0.703. The Morgan fingerprint density at radius 2 is 1.63 bits per heavy atom. The van der Waals surface area contributed by atoms with Crippen molar-refractivity contribution in [2.75, 3.05) is 38.2 Å². The van der Waals surface area contributed by atoms with Gasteiger partial charge in [0.2, 0.25) is 0 Å².